The third-order valence-electron chi connectivity index (χ3n) is 3.84. The Labute approximate surface area is 146 Å². The second kappa shape index (κ2) is 7.17. The van der Waals surface area contributed by atoms with Crippen LogP contribution >= 0.6 is 0 Å². The molecule has 6 heteroatoms. The van der Waals surface area contributed by atoms with Gasteiger partial charge in [-0.3, -0.25) is 0 Å². The number of carbonyl (C=O) groups is 1. The Bertz CT molecular complexity index is 902. The SMILES string of the molecule is CCNC(=O)n1nc(-c2cccc(OC)c2)nc1-c1ccccc1C. The Morgan fingerprint density at radius 1 is 1.20 bits per heavy atom. The molecule has 128 valence electrons. The van der Waals surface area contributed by atoms with E-state index >= 15 is 0 Å². The minimum atomic E-state index is -0.303. The Kier molecular flexibility index (Phi) is 4.79. The monoisotopic (exact) mass is 336 g/mol. The molecule has 0 spiro atoms. The summed E-state index contributed by atoms with van der Waals surface area (Å²) in [5, 5.41) is 7.21. The molecule has 1 aromatic heterocycles. The molecule has 0 aliphatic rings. The Hall–Kier alpha value is -3.15. The molecule has 6 nitrogen and oxygen atoms in total. The van der Waals surface area contributed by atoms with Crippen LogP contribution in [0.25, 0.3) is 22.8 Å². The van der Waals surface area contributed by atoms with Crippen LogP contribution in [0.15, 0.2) is 48.5 Å². The molecule has 25 heavy (non-hydrogen) atoms. The van der Waals surface area contributed by atoms with Gasteiger partial charge in [-0.05, 0) is 31.5 Å². The maximum atomic E-state index is 12.4. The smallest absolute Gasteiger partial charge is 0.344 e. The van der Waals surface area contributed by atoms with E-state index in [0.717, 1.165) is 16.7 Å². The number of rotatable bonds is 4. The number of ether oxygens (including phenoxy) is 1. The van der Waals surface area contributed by atoms with Gasteiger partial charge in [0.25, 0.3) is 0 Å². The lowest BCUT2D eigenvalue weighted by Crippen LogP contribution is -2.29. The first-order chi connectivity index (χ1) is 12.1. The molecule has 0 unspecified atom stereocenters. The molecule has 1 N–H and O–H groups in total. The molecule has 3 aromatic rings. The number of nitrogens with zero attached hydrogens (tertiary/aromatic N) is 3. The fourth-order valence-electron chi connectivity index (χ4n) is 2.56. The predicted octanol–water partition coefficient (Wildman–Crippen LogP) is 3.51. The quantitative estimate of drug-likeness (QED) is 0.791. The highest BCUT2D eigenvalue weighted by Gasteiger charge is 2.19. The number of nitrogens with one attached hydrogen (secondary N) is 1. The Morgan fingerprint density at radius 2 is 2.00 bits per heavy atom. The van der Waals surface area contributed by atoms with E-state index in [-0.39, 0.29) is 6.03 Å². The van der Waals surface area contributed by atoms with Gasteiger partial charge in [-0.1, -0.05) is 36.4 Å². The zero-order valence-corrected chi connectivity index (χ0v) is 14.5. The van der Waals surface area contributed by atoms with Gasteiger partial charge in [0, 0.05) is 17.7 Å². The standard InChI is InChI=1S/C19H20N4O2/c1-4-20-19(24)23-18(16-11-6-5-8-13(16)2)21-17(22-23)14-9-7-10-15(12-14)25-3/h5-12H,4H2,1-3H3,(H,20,24). The molecular formula is C19H20N4O2. The van der Waals surface area contributed by atoms with E-state index in [1.165, 1.54) is 4.68 Å². The number of carbonyl (C=O) groups excluding carboxylic acids is 1. The van der Waals surface area contributed by atoms with Crippen LogP contribution in [0, 0.1) is 6.92 Å². The summed E-state index contributed by atoms with van der Waals surface area (Å²) in [6, 6.07) is 14.9. The van der Waals surface area contributed by atoms with Crippen molar-refractivity contribution in [3.63, 3.8) is 0 Å². The maximum Gasteiger partial charge on any atom is 0.344 e. The minimum Gasteiger partial charge on any atom is -0.497 e. The van der Waals surface area contributed by atoms with Crippen LogP contribution in [0.2, 0.25) is 0 Å². The number of hydrogen-bond acceptors (Lipinski definition) is 4. The molecule has 0 atom stereocenters. The fourth-order valence-corrected chi connectivity index (χ4v) is 2.56. The van der Waals surface area contributed by atoms with E-state index in [2.05, 4.69) is 15.4 Å². The first-order valence-electron chi connectivity index (χ1n) is 8.09. The van der Waals surface area contributed by atoms with Crippen molar-refractivity contribution < 1.29 is 9.53 Å². The molecular weight excluding hydrogens is 316 g/mol. The molecule has 1 heterocycles. The number of amides is 1. The first-order valence-corrected chi connectivity index (χ1v) is 8.09. The number of benzene rings is 2. The van der Waals surface area contributed by atoms with Crippen LogP contribution in [-0.2, 0) is 0 Å². The highest BCUT2D eigenvalue weighted by Crippen LogP contribution is 2.26. The van der Waals surface area contributed by atoms with E-state index in [0.29, 0.717) is 23.9 Å². The first kappa shape index (κ1) is 16.7. The van der Waals surface area contributed by atoms with Crippen molar-refractivity contribution in [3.8, 4) is 28.5 Å². The summed E-state index contributed by atoms with van der Waals surface area (Å²) in [4.78, 5) is 17.1. The average Bonchev–Trinajstić information content (AvgIpc) is 3.07. The lowest BCUT2D eigenvalue weighted by atomic mass is 10.1. The zero-order chi connectivity index (χ0) is 17.8. The minimum absolute atomic E-state index is 0.303. The van der Waals surface area contributed by atoms with Gasteiger partial charge >= 0.3 is 6.03 Å². The highest BCUT2D eigenvalue weighted by molar-refractivity contribution is 5.82. The van der Waals surface area contributed by atoms with Gasteiger partial charge in [-0.2, -0.15) is 4.68 Å². The van der Waals surface area contributed by atoms with Gasteiger partial charge in [0.15, 0.2) is 11.6 Å². The summed E-state index contributed by atoms with van der Waals surface area (Å²) in [7, 11) is 1.61. The van der Waals surface area contributed by atoms with Gasteiger partial charge in [-0.15, -0.1) is 5.10 Å². The topological polar surface area (TPSA) is 69.0 Å². The van der Waals surface area contributed by atoms with Gasteiger partial charge < -0.3 is 10.1 Å². The molecule has 2 aromatic carbocycles. The molecule has 0 saturated carbocycles. The summed E-state index contributed by atoms with van der Waals surface area (Å²) in [6.07, 6.45) is 0. The Balaban J connectivity index is 2.15. The third kappa shape index (κ3) is 3.38. The molecule has 0 radical (unpaired) electrons. The number of aryl methyl sites for hydroxylation is 1. The van der Waals surface area contributed by atoms with Crippen LogP contribution in [0.3, 0.4) is 0 Å². The van der Waals surface area contributed by atoms with E-state index in [4.69, 9.17) is 4.74 Å². The van der Waals surface area contributed by atoms with Crippen LogP contribution in [-0.4, -0.2) is 34.5 Å². The lowest BCUT2D eigenvalue weighted by Gasteiger charge is -2.07. The largest absolute Gasteiger partial charge is 0.497 e. The van der Waals surface area contributed by atoms with Gasteiger partial charge in [0.2, 0.25) is 0 Å². The summed E-state index contributed by atoms with van der Waals surface area (Å²) in [5.41, 5.74) is 2.69. The van der Waals surface area contributed by atoms with Crippen molar-refractivity contribution >= 4 is 6.03 Å². The van der Waals surface area contributed by atoms with Crippen molar-refractivity contribution in [1.29, 1.82) is 0 Å². The second-order valence-electron chi connectivity index (χ2n) is 5.55. The van der Waals surface area contributed by atoms with E-state index in [1.54, 1.807) is 7.11 Å². The summed E-state index contributed by atoms with van der Waals surface area (Å²) in [6.45, 7) is 4.36. The lowest BCUT2D eigenvalue weighted by molar-refractivity contribution is 0.240. The van der Waals surface area contributed by atoms with Crippen molar-refractivity contribution in [3.05, 3.63) is 54.1 Å². The predicted molar refractivity (Wildman–Crippen MR) is 96.7 cm³/mol. The van der Waals surface area contributed by atoms with Crippen molar-refractivity contribution in [2.24, 2.45) is 0 Å². The van der Waals surface area contributed by atoms with Crippen LogP contribution < -0.4 is 10.1 Å². The van der Waals surface area contributed by atoms with Crippen LogP contribution in [0.1, 0.15) is 12.5 Å². The zero-order valence-electron chi connectivity index (χ0n) is 14.5. The average molecular weight is 336 g/mol. The normalized spacial score (nSPS) is 10.5. The molecule has 0 bridgehead atoms. The van der Waals surface area contributed by atoms with Crippen molar-refractivity contribution in [2.75, 3.05) is 13.7 Å². The third-order valence-corrected chi connectivity index (χ3v) is 3.84. The fraction of sp³-hybridized carbons (Fsp3) is 0.211. The second-order valence-corrected chi connectivity index (χ2v) is 5.55. The number of aromatic nitrogens is 3. The molecule has 1 amide bonds. The van der Waals surface area contributed by atoms with Gasteiger partial charge in [0.05, 0.1) is 7.11 Å². The van der Waals surface area contributed by atoms with E-state index < -0.39 is 0 Å². The highest BCUT2D eigenvalue weighted by atomic mass is 16.5. The molecule has 0 fully saturated rings. The van der Waals surface area contributed by atoms with Crippen molar-refractivity contribution in [1.82, 2.24) is 20.1 Å². The maximum absolute atomic E-state index is 12.4. The van der Waals surface area contributed by atoms with E-state index in [9.17, 15) is 4.79 Å². The van der Waals surface area contributed by atoms with Gasteiger partial charge in [-0.25, -0.2) is 9.78 Å². The molecule has 0 aliphatic carbocycles. The summed E-state index contributed by atoms with van der Waals surface area (Å²) in [5.74, 6) is 1.70. The molecule has 0 saturated heterocycles. The Morgan fingerprint density at radius 3 is 2.72 bits per heavy atom. The number of methoxy groups -OCH3 is 1. The molecule has 3 rings (SSSR count). The summed E-state index contributed by atoms with van der Waals surface area (Å²) < 4.78 is 6.58. The number of hydrogen-bond donors (Lipinski definition) is 1. The van der Waals surface area contributed by atoms with Crippen LogP contribution in [0.4, 0.5) is 4.79 Å². The van der Waals surface area contributed by atoms with Gasteiger partial charge in [0.1, 0.15) is 5.75 Å². The van der Waals surface area contributed by atoms with Crippen molar-refractivity contribution in [2.45, 2.75) is 13.8 Å². The molecule has 0 aliphatic heterocycles. The van der Waals surface area contributed by atoms with E-state index in [1.807, 2.05) is 62.4 Å². The summed E-state index contributed by atoms with van der Waals surface area (Å²) >= 11 is 0. The van der Waals surface area contributed by atoms with Crippen LogP contribution in [0.5, 0.6) is 5.75 Å².